The Labute approximate surface area is 131 Å². The minimum Gasteiger partial charge on any atom is -0.480 e. The number of amides is 1. The summed E-state index contributed by atoms with van der Waals surface area (Å²) in [5.74, 6) is -1.28. The van der Waals surface area contributed by atoms with Gasteiger partial charge in [0.1, 0.15) is 6.54 Å². The summed E-state index contributed by atoms with van der Waals surface area (Å²) in [7, 11) is 0. The Morgan fingerprint density at radius 1 is 1.14 bits per heavy atom. The van der Waals surface area contributed by atoms with Crippen LogP contribution < -0.4 is 0 Å². The fraction of sp³-hybridized carbons (Fsp3) is 0.250. The van der Waals surface area contributed by atoms with E-state index < -0.39 is 5.97 Å². The monoisotopic (exact) mass is 349 g/mol. The molecule has 4 nitrogen and oxygen atoms in total. The minimum atomic E-state index is -1.01. The Hall–Kier alpha value is -1.88. The Kier molecular flexibility index (Phi) is 4.63. The van der Waals surface area contributed by atoms with Crippen LogP contribution in [0.5, 0.6) is 0 Å². The minimum absolute atomic E-state index is 0.172. The van der Waals surface area contributed by atoms with E-state index in [1.165, 1.54) is 4.90 Å². The highest BCUT2D eigenvalue weighted by molar-refractivity contribution is 9.10. The smallest absolute Gasteiger partial charge is 0.323 e. The van der Waals surface area contributed by atoms with Crippen LogP contribution in [0.1, 0.15) is 24.2 Å². The van der Waals surface area contributed by atoms with Gasteiger partial charge in [-0.05, 0) is 48.9 Å². The van der Waals surface area contributed by atoms with Gasteiger partial charge in [-0.15, -0.1) is 0 Å². The van der Waals surface area contributed by atoms with E-state index in [1.54, 1.807) is 26.0 Å². The van der Waals surface area contributed by atoms with Gasteiger partial charge in [0, 0.05) is 16.1 Å². The van der Waals surface area contributed by atoms with Crippen molar-refractivity contribution < 1.29 is 14.7 Å². The Bertz CT molecular complexity index is 697. The summed E-state index contributed by atoms with van der Waals surface area (Å²) in [4.78, 5) is 24.7. The lowest BCUT2D eigenvalue weighted by atomic mass is 10.1. The lowest BCUT2D eigenvalue weighted by Crippen LogP contribution is -2.40. The van der Waals surface area contributed by atoms with E-state index in [1.807, 2.05) is 24.3 Å². The van der Waals surface area contributed by atoms with Gasteiger partial charge in [-0.1, -0.05) is 28.1 Å². The van der Waals surface area contributed by atoms with E-state index in [2.05, 4.69) is 15.9 Å². The third-order valence-electron chi connectivity index (χ3n) is 3.24. The largest absolute Gasteiger partial charge is 0.480 e. The van der Waals surface area contributed by atoms with Gasteiger partial charge < -0.3 is 10.0 Å². The lowest BCUT2D eigenvalue weighted by molar-refractivity contribution is -0.138. The number of aliphatic carboxylic acids is 1. The quantitative estimate of drug-likeness (QED) is 0.918. The standard InChI is InChI=1S/C16H16BrNO3/c1-10(2)18(9-15(19)20)16(21)13-4-3-12-8-14(17)6-5-11(12)7-13/h3-8,10H,9H2,1-2H3,(H,19,20). The van der Waals surface area contributed by atoms with Gasteiger partial charge in [-0.25, -0.2) is 0 Å². The molecule has 0 fully saturated rings. The van der Waals surface area contributed by atoms with E-state index in [9.17, 15) is 9.59 Å². The zero-order chi connectivity index (χ0) is 15.6. The van der Waals surface area contributed by atoms with Crippen LogP contribution in [0.4, 0.5) is 0 Å². The van der Waals surface area contributed by atoms with Crippen LogP contribution >= 0.6 is 15.9 Å². The lowest BCUT2D eigenvalue weighted by Gasteiger charge is -2.25. The van der Waals surface area contributed by atoms with Gasteiger partial charge in [-0.2, -0.15) is 0 Å². The molecule has 0 radical (unpaired) electrons. The number of halogens is 1. The number of hydrogen-bond donors (Lipinski definition) is 1. The van der Waals surface area contributed by atoms with Crippen LogP contribution in [0.3, 0.4) is 0 Å². The molecule has 2 aromatic carbocycles. The van der Waals surface area contributed by atoms with E-state index >= 15 is 0 Å². The van der Waals surface area contributed by atoms with Gasteiger partial charge in [0.05, 0.1) is 0 Å². The van der Waals surface area contributed by atoms with Crippen molar-refractivity contribution in [1.82, 2.24) is 4.90 Å². The highest BCUT2D eigenvalue weighted by Gasteiger charge is 2.21. The molecule has 0 heterocycles. The van der Waals surface area contributed by atoms with Crippen molar-refractivity contribution in [3.63, 3.8) is 0 Å². The highest BCUT2D eigenvalue weighted by Crippen LogP contribution is 2.22. The van der Waals surface area contributed by atoms with E-state index in [0.29, 0.717) is 5.56 Å². The summed E-state index contributed by atoms with van der Waals surface area (Å²) in [6.45, 7) is 3.31. The van der Waals surface area contributed by atoms with Crippen molar-refractivity contribution in [2.75, 3.05) is 6.54 Å². The average molecular weight is 350 g/mol. The first-order chi connectivity index (χ1) is 9.88. The maximum absolute atomic E-state index is 12.5. The molecular formula is C16H16BrNO3. The van der Waals surface area contributed by atoms with Crippen LogP contribution in [0.25, 0.3) is 10.8 Å². The van der Waals surface area contributed by atoms with Crippen LogP contribution in [-0.2, 0) is 4.79 Å². The van der Waals surface area contributed by atoms with Crippen molar-refractivity contribution in [2.24, 2.45) is 0 Å². The third kappa shape index (κ3) is 3.61. The molecule has 0 unspecified atom stereocenters. The summed E-state index contributed by atoms with van der Waals surface area (Å²) >= 11 is 3.41. The third-order valence-corrected chi connectivity index (χ3v) is 3.73. The molecule has 110 valence electrons. The number of rotatable bonds is 4. The fourth-order valence-electron chi connectivity index (χ4n) is 2.15. The first-order valence-electron chi connectivity index (χ1n) is 6.60. The maximum atomic E-state index is 12.5. The fourth-order valence-corrected chi connectivity index (χ4v) is 2.53. The highest BCUT2D eigenvalue weighted by atomic mass is 79.9. The van der Waals surface area contributed by atoms with Crippen molar-refractivity contribution in [1.29, 1.82) is 0 Å². The number of carbonyl (C=O) groups excluding carboxylic acids is 1. The van der Waals surface area contributed by atoms with Crippen molar-refractivity contribution >= 4 is 38.6 Å². The molecule has 0 bridgehead atoms. The number of carboxylic acids is 1. The van der Waals surface area contributed by atoms with Crippen LogP contribution in [0.15, 0.2) is 40.9 Å². The molecule has 2 aromatic rings. The molecule has 0 aromatic heterocycles. The van der Waals surface area contributed by atoms with Gasteiger partial charge in [0.25, 0.3) is 5.91 Å². The Morgan fingerprint density at radius 2 is 1.76 bits per heavy atom. The zero-order valence-corrected chi connectivity index (χ0v) is 13.4. The van der Waals surface area contributed by atoms with E-state index in [0.717, 1.165) is 15.2 Å². The van der Waals surface area contributed by atoms with E-state index in [4.69, 9.17) is 5.11 Å². The molecular weight excluding hydrogens is 334 g/mol. The van der Waals surface area contributed by atoms with Crippen molar-refractivity contribution in [3.8, 4) is 0 Å². The molecule has 0 aliphatic rings. The number of benzene rings is 2. The predicted octanol–water partition coefficient (Wildman–Crippen LogP) is 3.54. The molecule has 5 heteroatoms. The zero-order valence-electron chi connectivity index (χ0n) is 11.8. The van der Waals surface area contributed by atoms with Crippen LogP contribution in [0.2, 0.25) is 0 Å². The van der Waals surface area contributed by atoms with E-state index in [-0.39, 0.29) is 18.5 Å². The van der Waals surface area contributed by atoms with Gasteiger partial charge in [-0.3, -0.25) is 9.59 Å². The summed E-state index contributed by atoms with van der Waals surface area (Å²) in [5, 5.41) is 10.9. The molecule has 0 atom stereocenters. The first-order valence-corrected chi connectivity index (χ1v) is 7.40. The predicted molar refractivity (Wildman–Crippen MR) is 85.5 cm³/mol. The second-order valence-corrected chi connectivity index (χ2v) is 6.04. The molecule has 0 saturated carbocycles. The summed E-state index contributed by atoms with van der Waals surface area (Å²) in [6, 6.07) is 11.0. The molecule has 2 rings (SSSR count). The summed E-state index contributed by atoms with van der Waals surface area (Å²) < 4.78 is 0.976. The normalized spacial score (nSPS) is 10.9. The number of carboxylic acid groups (broad SMARTS) is 1. The summed E-state index contributed by atoms with van der Waals surface area (Å²) in [5.41, 5.74) is 0.500. The van der Waals surface area contributed by atoms with Gasteiger partial charge in [0.15, 0.2) is 0 Å². The number of nitrogens with zero attached hydrogens (tertiary/aromatic N) is 1. The second kappa shape index (κ2) is 6.26. The van der Waals surface area contributed by atoms with Crippen LogP contribution in [0, 0.1) is 0 Å². The van der Waals surface area contributed by atoms with Crippen molar-refractivity contribution in [2.45, 2.75) is 19.9 Å². The Balaban J connectivity index is 2.37. The molecule has 0 spiro atoms. The molecule has 21 heavy (non-hydrogen) atoms. The Morgan fingerprint density at radius 3 is 2.38 bits per heavy atom. The molecule has 1 N–H and O–H groups in total. The number of carbonyl (C=O) groups is 2. The topological polar surface area (TPSA) is 57.6 Å². The molecule has 0 aliphatic heterocycles. The average Bonchev–Trinajstić information content (AvgIpc) is 2.43. The number of fused-ring (bicyclic) bond motifs is 1. The number of hydrogen-bond acceptors (Lipinski definition) is 2. The molecule has 0 aliphatic carbocycles. The van der Waals surface area contributed by atoms with Gasteiger partial charge in [0.2, 0.25) is 0 Å². The van der Waals surface area contributed by atoms with Crippen molar-refractivity contribution in [3.05, 3.63) is 46.4 Å². The van der Waals surface area contributed by atoms with Gasteiger partial charge >= 0.3 is 5.97 Å². The second-order valence-electron chi connectivity index (χ2n) is 5.13. The molecule has 1 amide bonds. The van der Waals surface area contributed by atoms with Crippen LogP contribution in [-0.4, -0.2) is 34.5 Å². The first kappa shape index (κ1) is 15.5. The molecule has 0 saturated heterocycles. The maximum Gasteiger partial charge on any atom is 0.323 e. The SMILES string of the molecule is CC(C)N(CC(=O)O)C(=O)c1ccc2cc(Br)ccc2c1. The summed E-state index contributed by atoms with van der Waals surface area (Å²) in [6.07, 6.45) is 0.